The number of carbonyl (C=O) groups excluding carboxylic acids is 1. The van der Waals surface area contributed by atoms with Crippen molar-refractivity contribution in [3.63, 3.8) is 0 Å². The number of nitrogens with one attached hydrogen (secondary N) is 1. The Labute approximate surface area is 152 Å². The zero-order chi connectivity index (χ0) is 17.2. The van der Waals surface area contributed by atoms with E-state index in [1.165, 1.54) is 12.8 Å². The fraction of sp³-hybridized carbons (Fsp3) is 0.474. The average molecular weight is 357 g/mol. The van der Waals surface area contributed by atoms with Crippen LogP contribution in [-0.2, 0) is 6.54 Å². The molecule has 0 radical (unpaired) electrons. The molecule has 1 atom stereocenters. The quantitative estimate of drug-likeness (QED) is 0.815. The van der Waals surface area contributed by atoms with Gasteiger partial charge in [-0.15, -0.1) is 11.3 Å². The van der Waals surface area contributed by atoms with Crippen LogP contribution in [0.1, 0.15) is 42.3 Å². The average Bonchev–Trinajstić information content (AvgIpc) is 3.57. The van der Waals surface area contributed by atoms with E-state index in [9.17, 15) is 4.79 Å². The van der Waals surface area contributed by atoms with Crippen molar-refractivity contribution in [2.45, 2.75) is 44.3 Å². The molecule has 2 aromatic rings. The normalized spacial score (nSPS) is 17.8. The summed E-state index contributed by atoms with van der Waals surface area (Å²) in [4.78, 5) is 19.4. The first kappa shape index (κ1) is 16.4. The van der Waals surface area contributed by atoms with Gasteiger partial charge in [0.2, 0.25) is 0 Å². The van der Waals surface area contributed by atoms with E-state index in [4.69, 9.17) is 4.74 Å². The van der Waals surface area contributed by atoms with Gasteiger partial charge in [-0.25, -0.2) is 9.78 Å². The van der Waals surface area contributed by atoms with Crippen LogP contribution in [0.15, 0.2) is 35.8 Å². The molecule has 0 spiro atoms. The Balaban J connectivity index is 1.45. The molecule has 4 rings (SSSR count). The summed E-state index contributed by atoms with van der Waals surface area (Å²) in [6.07, 6.45) is 6.35. The largest absolute Gasteiger partial charge is 0.497 e. The van der Waals surface area contributed by atoms with Crippen molar-refractivity contribution in [3.8, 4) is 5.75 Å². The number of benzene rings is 1. The van der Waals surface area contributed by atoms with Crippen molar-refractivity contribution in [1.82, 2.24) is 15.2 Å². The molecule has 25 heavy (non-hydrogen) atoms. The van der Waals surface area contributed by atoms with E-state index in [0.717, 1.165) is 29.2 Å². The molecule has 1 aromatic heterocycles. The Bertz CT molecular complexity index is 709. The highest BCUT2D eigenvalue weighted by Crippen LogP contribution is 2.42. The molecule has 2 fully saturated rings. The lowest BCUT2D eigenvalue weighted by Gasteiger charge is -2.26. The number of thiazole rings is 1. The molecule has 132 valence electrons. The van der Waals surface area contributed by atoms with Gasteiger partial charge in [0.15, 0.2) is 0 Å². The molecule has 2 amide bonds. The van der Waals surface area contributed by atoms with Crippen molar-refractivity contribution in [3.05, 3.63) is 46.4 Å². The number of urea groups is 1. The van der Waals surface area contributed by atoms with E-state index in [1.807, 2.05) is 40.7 Å². The highest BCUT2D eigenvalue weighted by molar-refractivity contribution is 7.09. The number of rotatable bonds is 7. The van der Waals surface area contributed by atoms with Crippen molar-refractivity contribution < 1.29 is 9.53 Å². The molecular weight excluding hydrogens is 334 g/mol. The molecule has 1 unspecified atom stereocenters. The first-order valence-electron chi connectivity index (χ1n) is 8.84. The fourth-order valence-corrected chi connectivity index (χ4v) is 3.88. The molecule has 0 bridgehead atoms. The number of methoxy groups -OCH3 is 1. The number of hydrogen-bond donors (Lipinski definition) is 1. The third-order valence-corrected chi connectivity index (χ3v) is 5.71. The SMILES string of the molecule is COc1ccc(CN(C(=O)NC(c2nccs2)C2CC2)C2CC2)cc1. The van der Waals surface area contributed by atoms with Gasteiger partial charge in [-0.1, -0.05) is 12.1 Å². The van der Waals surface area contributed by atoms with E-state index < -0.39 is 0 Å². The van der Waals surface area contributed by atoms with Crippen LogP contribution in [0.4, 0.5) is 4.79 Å². The van der Waals surface area contributed by atoms with Crippen LogP contribution in [0.2, 0.25) is 0 Å². The lowest BCUT2D eigenvalue weighted by Crippen LogP contribution is -2.43. The van der Waals surface area contributed by atoms with E-state index in [0.29, 0.717) is 18.5 Å². The highest BCUT2D eigenvalue weighted by Gasteiger charge is 2.38. The van der Waals surface area contributed by atoms with E-state index in [1.54, 1.807) is 18.4 Å². The molecule has 1 N–H and O–H groups in total. The van der Waals surface area contributed by atoms with Crippen molar-refractivity contribution in [2.24, 2.45) is 5.92 Å². The first-order chi connectivity index (χ1) is 12.2. The third kappa shape index (κ3) is 3.95. The minimum Gasteiger partial charge on any atom is -0.497 e. The maximum atomic E-state index is 13.0. The lowest BCUT2D eigenvalue weighted by molar-refractivity contribution is 0.186. The Morgan fingerprint density at radius 1 is 1.32 bits per heavy atom. The number of aromatic nitrogens is 1. The minimum absolute atomic E-state index is 0.0328. The summed E-state index contributed by atoms with van der Waals surface area (Å²) in [5, 5.41) is 6.26. The standard InChI is InChI=1S/C19H23N3O2S/c1-24-16-8-2-13(3-9-16)12-22(15-6-7-15)19(23)21-17(14-4-5-14)18-20-10-11-25-18/h2-3,8-11,14-15,17H,4-7,12H2,1H3,(H,21,23). The van der Waals surface area contributed by atoms with Crippen LogP contribution in [0.25, 0.3) is 0 Å². The van der Waals surface area contributed by atoms with Gasteiger partial charge in [-0.05, 0) is 49.3 Å². The molecule has 1 aromatic carbocycles. The molecule has 1 heterocycles. The molecule has 0 aliphatic heterocycles. The first-order valence-corrected chi connectivity index (χ1v) is 9.72. The second-order valence-corrected chi connectivity index (χ2v) is 7.77. The van der Waals surface area contributed by atoms with Crippen LogP contribution in [0, 0.1) is 5.92 Å². The molecule has 2 saturated carbocycles. The van der Waals surface area contributed by atoms with Gasteiger partial charge < -0.3 is 15.0 Å². The van der Waals surface area contributed by atoms with Gasteiger partial charge in [-0.2, -0.15) is 0 Å². The maximum Gasteiger partial charge on any atom is 0.318 e. The fourth-order valence-electron chi connectivity index (χ4n) is 3.10. The van der Waals surface area contributed by atoms with E-state index >= 15 is 0 Å². The molecule has 2 aliphatic rings. The van der Waals surface area contributed by atoms with Crippen LogP contribution in [0.5, 0.6) is 5.75 Å². The summed E-state index contributed by atoms with van der Waals surface area (Å²) >= 11 is 1.63. The van der Waals surface area contributed by atoms with E-state index in [-0.39, 0.29) is 12.1 Å². The topological polar surface area (TPSA) is 54.5 Å². The zero-order valence-corrected chi connectivity index (χ0v) is 15.2. The molecule has 6 heteroatoms. The number of carbonyl (C=O) groups is 1. The van der Waals surface area contributed by atoms with Gasteiger partial charge in [0.1, 0.15) is 10.8 Å². The highest BCUT2D eigenvalue weighted by atomic mass is 32.1. The summed E-state index contributed by atoms with van der Waals surface area (Å²) in [6.45, 7) is 0.635. The van der Waals surface area contributed by atoms with Crippen molar-refractivity contribution in [2.75, 3.05) is 7.11 Å². The smallest absolute Gasteiger partial charge is 0.318 e. The second kappa shape index (κ2) is 7.04. The Morgan fingerprint density at radius 3 is 2.64 bits per heavy atom. The van der Waals surface area contributed by atoms with Crippen LogP contribution >= 0.6 is 11.3 Å². The monoisotopic (exact) mass is 357 g/mol. The van der Waals surface area contributed by atoms with Crippen molar-refractivity contribution in [1.29, 1.82) is 0 Å². The van der Waals surface area contributed by atoms with Gasteiger partial charge >= 0.3 is 6.03 Å². The summed E-state index contributed by atoms with van der Waals surface area (Å²) in [5.74, 6) is 1.38. The summed E-state index contributed by atoms with van der Waals surface area (Å²) < 4.78 is 5.21. The number of hydrogen-bond acceptors (Lipinski definition) is 4. The number of nitrogens with zero attached hydrogens (tertiary/aromatic N) is 2. The molecule has 0 saturated heterocycles. The Hall–Kier alpha value is -2.08. The van der Waals surface area contributed by atoms with E-state index in [2.05, 4.69) is 10.3 Å². The molecule has 5 nitrogen and oxygen atoms in total. The summed E-state index contributed by atoms with van der Waals surface area (Å²) in [6, 6.07) is 8.40. The number of amides is 2. The molecular formula is C19H23N3O2S. The predicted octanol–water partition coefficient (Wildman–Crippen LogP) is 3.98. The second-order valence-electron chi connectivity index (χ2n) is 6.84. The summed E-state index contributed by atoms with van der Waals surface area (Å²) in [5.41, 5.74) is 1.13. The lowest BCUT2D eigenvalue weighted by atomic mass is 10.2. The van der Waals surface area contributed by atoms with Gasteiger partial charge in [-0.3, -0.25) is 0 Å². The van der Waals surface area contributed by atoms with Crippen LogP contribution < -0.4 is 10.1 Å². The van der Waals surface area contributed by atoms with Gasteiger partial charge in [0, 0.05) is 24.2 Å². The maximum absolute atomic E-state index is 13.0. The van der Waals surface area contributed by atoms with Gasteiger partial charge in [0.05, 0.1) is 13.2 Å². The Morgan fingerprint density at radius 2 is 2.08 bits per heavy atom. The number of ether oxygens (including phenoxy) is 1. The predicted molar refractivity (Wildman–Crippen MR) is 97.7 cm³/mol. The van der Waals surface area contributed by atoms with Crippen molar-refractivity contribution >= 4 is 17.4 Å². The van der Waals surface area contributed by atoms with Gasteiger partial charge in [0.25, 0.3) is 0 Å². The summed E-state index contributed by atoms with van der Waals surface area (Å²) in [7, 11) is 1.66. The Kier molecular flexibility index (Phi) is 4.61. The van der Waals surface area contributed by atoms with Crippen LogP contribution in [0.3, 0.4) is 0 Å². The zero-order valence-electron chi connectivity index (χ0n) is 14.4. The molecule has 2 aliphatic carbocycles. The van der Waals surface area contributed by atoms with Crippen LogP contribution in [-0.4, -0.2) is 29.1 Å². The minimum atomic E-state index is 0.0328. The third-order valence-electron chi connectivity index (χ3n) is 4.85.